The second-order valence-electron chi connectivity index (χ2n) is 6.44. The summed E-state index contributed by atoms with van der Waals surface area (Å²) < 4.78 is 11.3. The number of nitrogens with zero attached hydrogens (tertiary/aromatic N) is 1. The zero-order valence-corrected chi connectivity index (χ0v) is 14.2. The molecule has 25 heavy (non-hydrogen) atoms. The monoisotopic (exact) mass is 335 g/mol. The molecule has 0 amide bonds. The fourth-order valence-corrected chi connectivity index (χ4v) is 3.36. The van der Waals surface area contributed by atoms with Crippen molar-refractivity contribution < 1.29 is 14.3 Å². The van der Waals surface area contributed by atoms with Gasteiger partial charge in [0.2, 0.25) is 0 Å². The van der Waals surface area contributed by atoms with Crippen molar-refractivity contribution in [1.29, 1.82) is 0 Å². The van der Waals surface area contributed by atoms with Gasteiger partial charge in [-0.3, -0.25) is 4.90 Å². The summed E-state index contributed by atoms with van der Waals surface area (Å²) >= 11 is 0. The lowest BCUT2D eigenvalue weighted by atomic mass is 9.98. The van der Waals surface area contributed by atoms with Crippen molar-refractivity contribution in [3.8, 4) is 22.6 Å². The summed E-state index contributed by atoms with van der Waals surface area (Å²) in [5.41, 5.74) is 4.33. The van der Waals surface area contributed by atoms with Crippen LogP contribution in [0.2, 0.25) is 0 Å². The van der Waals surface area contributed by atoms with Gasteiger partial charge in [-0.25, -0.2) is 0 Å². The number of ether oxygens (including phenoxy) is 1. The first-order valence-corrected chi connectivity index (χ1v) is 8.50. The minimum absolute atomic E-state index is 0.204. The van der Waals surface area contributed by atoms with Gasteiger partial charge in [0.25, 0.3) is 0 Å². The Morgan fingerprint density at radius 2 is 2.00 bits per heavy atom. The molecule has 1 N–H and O–H groups in total. The minimum Gasteiger partial charge on any atom is -0.504 e. The first kappa shape index (κ1) is 15.8. The fraction of sp³-hybridized carbons (Fsp3) is 0.238. The molecule has 0 atom stereocenters. The number of benzene rings is 2. The number of furan rings is 1. The summed E-state index contributed by atoms with van der Waals surface area (Å²) in [7, 11) is 0. The molecule has 1 aromatic heterocycles. The number of aromatic hydroxyl groups is 1. The van der Waals surface area contributed by atoms with E-state index in [4.69, 9.17) is 9.15 Å². The Morgan fingerprint density at radius 3 is 2.80 bits per heavy atom. The van der Waals surface area contributed by atoms with Crippen molar-refractivity contribution in [3.05, 3.63) is 71.7 Å². The minimum atomic E-state index is 0.204. The average molecular weight is 335 g/mol. The molecule has 1 aliphatic rings. The van der Waals surface area contributed by atoms with Crippen LogP contribution >= 0.6 is 0 Å². The number of fused-ring (bicyclic) bond motifs is 1. The molecule has 4 rings (SSSR count). The summed E-state index contributed by atoms with van der Waals surface area (Å²) in [5.74, 6) is 1.73. The van der Waals surface area contributed by atoms with Gasteiger partial charge < -0.3 is 14.3 Å². The Hall–Kier alpha value is -2.72. The number of hydrogen-bond acceptors (Lipinski definition) is 4. The van der Waals surface area contributed by atoms with Gasteiger partial charge >= 0.3 is 0 Å². The first-order chi connectivity index (χ1) is 12.2. The molecular formula is C21H21NO3. The van der Waals surface area contributed by atoms with Gasteiger partial charge in [0.05, 0.1) is 12.8 Å². The Labute approximate surface area is 147 Å². The van der Waals surface area contributed by atoms with Crippen LogP contribution in [-0.4, -0.2) is 23.2 Å². The maximum atomic E-state index is 10.5. The molecule has 0 unspecified atom stereocenters. The molecule has 0 saturated carbocycles. The van der Waals surface area contributed by atoms with E-state index in [1.807, 2.05) is 24.3 Å². The largest absolute Gasteiger partial charge is 0.504 e. The second kappa shape index (κ2) is 6.65. The smallest absolute Gasteiger partial charge is 0.165 e. The van der Waals surface area contributed by atoms with Gasteiger partial charge in [-0.2, -0.15) is 0 Å². The van der Waals surface area contributed by atoms with Crippen molar-refractivity contribution in [3.63, 3.8) is 0 Å². The lowest BCUT2D eigenvalue weighted by molar-refractivity contribution is 0.205. The molecule has 4 nitrogen and oxygen atoms in total. The predicted octanol–water partition coefficient (Wildman–Crippen LogP) is 4.36. The van der Waals surface area contributed by atoms with Crippen molar-refractivity contribution in [2.75, 3.05) is 13.2 Å². The van der Waals surface area contributed by atoms with Gasteiger partial charge in [0.1, 0.15) is 12.4 Å². The van der Waals surface area contributed by atoms with Crippen LogP contribution in [0.25, 0.3) is 11.1 Å². The van der Waals surface area contributed by atoms with Gasteiger partial charge in [-0.15, -0.1) is 0 Å². The summed E-state index contributed by atoms with van der Waals surface area (Å²) in [5, 5.41) is 10.5. The molecule has 4 heteroatoms. The van der Waals surface area contributed by atoms with Crippen molar-refractivity contribution in [2.45, 2.75) is 20.0 Å². The van der Waals surface area contributed by atoms with Crippen LogP contribution in [0.1, 0.15) is 16.9 Å². The maximum Gasteiger partial charge on any atom is 0.165 e. The Kier molecular flexibility index (Phi) is 4.20. The third kappa shape index (κ3) is 3.26. The lowest BCUT2D eigenvalue weighted by Gasteiger charge is -2.18. The zero-order chi connectivity index (χ0) is 17.2. The zero-order valence-electron chi connectivity index (χ0n) is 14.2. The van der Waals surface area contributed by atoms with Crippen LogP contribution in [0.5, 0.6) is 11.5 Å². The van der Waals surface area contributed by atoms with Crippen LogP contribution in [0.15, 0.2) is 59.2 Å². The molecule has 2 heterocycles. The highest BCUT2D eigenvalue weighted by Crippen LogP contribution is 2.38. The van der Waals surface area contributed by atoms with E-state index in [2.05, 4.69) is 30.0 Å². The highest BCUT2D eigenvalue weighted by atomic mass is 16.5. The first-order valence-electron chi connectivity index (χ1n) is 8.50. The normalized spacial score (nSPS) is 14.6. The second-order valence-corrected chi connectivity index (χ2v) is 6.44. The molecule has 0 bridgehead atoms. The third-order valence-electron chi connectivity index (χ3n) is 4.61. The quantitative estimate of drug-likeness (QED) is 0.773. The van der Waals surface area contributed by atoms with Gasteiger partial charge in [-0.1, -0.05) is 24.3 Å². The molecule has 0 saturated heterocycles. The van der Waals surface area contributed by atoms with Crippen LogP contribution in [0.4, 0.5) is 0 Å². The highest BCUT2D eigenvalue weighted by Gasteiger charge is 2.20. The number of phenols is 1. The SMILES string of the molecule is Cc1ccccc1-c1cc(O)c2c(c1)CN(Cc1ccco1)CCO2. The standard InChI is InChI=1S/C21H21NO3/c1-15-5-2-3-7-19(15)16-11-17-13-22(14-18-6-4-9-24-18)8-10-25-21(17)20(23)12-16/h2-7,9,11-12,23H,8,10,13-14H2,1H3. The van der Waals surface area contributed by atoms with Gasteiger partial charge in [-0.05, 0) is 47.9 Å². The van der Waals surface area contributed by atoms with E-state index in [-0.39, 0.29) is 5.75 Å². The molecule has 0 radical (unpaired) electrons. The maximum absolute atomic E-state index is 10.5. The molecule has 0 fully saturated rings. The molecule has 128 valence electrons. The van der Waals surface area contributed by atoms with Crippen LogP contribution < -0.4 is 4.74 Å². The Balaban J connectivity index is 1.68. The van der Waals surface area contributed by atoms with Crippen LogP contribution in [-0.2, 0) is 13.1 Å². The van der Waals surface area contributed by atoms with E-state index in [0.29, 0.717) is 18.9 Å². The Bertz CT molecular complexity index is 871. The molecule has 1 aliphatic heterocycles. The summed E-state index contributed by atoms with van der Waals surface area (Å²) in [4.78, 5) is 2.27. The lowest BCUT2D eigenvalue weighted by Crippen LogP contribution is -2.25. The van der Waals surface area contributed by atoms with Crippen molar-refractivity contribution >= 4 is 0 Å². The number of phenolic OH excluding ortho intramolecular Hbond substituents is 1. The molecule has 0 spiro atoms. The van der Waals surface area contributed by atoms with Crippen LogP contribution in [0, 0.1) is 6.92 Å². The number of rotatable bonds is 3. The summed E-state index contributed by atoms with van der Waals surface area (Å²) in [6, 6.07) is 16.0. The predicted molar refractivity (Wildman–Crippen MR) is 96.6 cm³/mol. The topological polar surface area (TPSA) is 45.8 Å². The van der Waals surface area contributed by atoms with E-state index >= 15 is 0 Å². The van der Waals surface area contributed by atoms with Crippen LogP contribution in [0.3, 0.4) is 0 Å². The summed E-state index contributed by atoms with van der Waals surface area (Å²) in [6.07, 6.45) is 1.69. The Morgan fingerprint density at radius 1 is 1.12 bits per heavy atom. The summed E-state index contributed by atoms with van der Waals surface area (Å²) in [6.45, 7) is 4.85. The van der Waals surface area contributed by atoms with E-state index in [1.165, 1.54) is 5.56 Å². The van der Waals surface area contributed by atoms with Gasteiger partial charge in [0.15, 0.2) is 11.5 Å². The van der Waals surface area contributed by atoms with Crippen molar-refractivity contribution in [2.24, 2.45) is 0 Å². The van der Waals surface area contributed by atoms with E-state index in [9.17, 15) is 5.11 Å². The number of aryl methyl sites for hydroxylation is 1. The molecule has 3 aromatic rings. The van der Waals surface area contributed by atoms with E-state index in [0.717, 1.165) is 35.5 Å². The van der Waals surface area contributed by atoms with Crippen molar-refractivity contribution in [1.82, 2.24) is 4.90 Å². The van der Waals surface area contributed by atoms with Gasteiger partial charge in [0, 0.05) is 18.7 Å². The van der Waals surface area contributed by atoms with E-state index < -0.39 is 0 Å². The average Bonchev–Trinajstić information content (AvgIpc) is 3.01. The highest BCUT2D eigenvalue weighted by molar-refractivity contribution is 5.71. The van der Waals surface area contributed by atoms with E-state index in [1.54, 1.807) is 12.3 Å². The number of hydrogen-bond donors (Lipinski definition) is 1. The molecular weight excluding hydrogens is 314 g/mol. The third-order valence-corrected chi connectivity index (χ3v) is 4.61. The molecule has 2 aromatic carbocycles. The fourth-order valence-electron chi connectivity index (χ4n) is 3.36. The molecule has 0 aliphatic carbocycles.